The van der Waals surface area contributed by atoms with Crippen molar-refractivity contribution in [1.29, 1.82) is 0 Å². The lowest BCUT2D eigenvalue weighted by atomic mass is 9.88. The normalized spacial score (nSPS) is 15.7. The van der Waals surface area contributed by atoms with E-state index in [9.17, 15) is 14.3 Å². The highest BCUT2D eigenvalue weighted by atomic mass is 79.9. The number of fused-ring (bicyclic) bond motifs is 1. The van der Waals surface area contributed by atoms with Crippen molar-refractivity contribution < 1.29 is 19.0 Å². The summed E-state index contributed by atoms with van der Waals surface area (Å²) in [5, 5.41) is 10.4. The minimum absolute atomic E-state index is 0.0647. The first kappa shape index (κ1) is 19.5. The molecule has 1 unspecified atom stereocenters. The lowest BCUT2D eigenvalue weighted by Gasteiger charge is -2.37. The van der Waals surface area contributed by atoms with Crippen LogP contribution in [-0.4, -0.2) is 22.6 Å². The Balaban J connectivity index is 1.70. The minimum Gasteiger partial charge on any atom is -0.508 e. The van der Waals surface area contributed by atoms with Crippen molar-refractivity contribution in [1.82, 2.24) is 4.90 Å². The zero-order valence-electron chi connectivity index (χ0n) is 15.5. The first-order chi connectivity index (χ1) is 14.0. The summed E-state index contributed by atoms with van der Waals surface area (Å²) >= 11 is 3.47. The molecule has 0 bridgehead atoms. The summed E-state index contributed by atoms with van der Waals surface area (Å²) in [5.41, 5.74) is 3.10. The average Bonchev–Trinajstić information content (AvgIpc) is 2.73. The zero-order chi connectivity index (χ0) is 20.4. The molecule has 1 aliphatic rings. The summed E-state index contributed by atoms with van der Waals surface area (Å²) in [6.45, 7) is 0.548. The van der Waals surface area contributed by atoms with E-state index in [1.54, 1.807) is 4.90 Å². The Bertz CT molecular complexity index is 1040. The molecule has 6 heteroatoms. The van der Waals surface area contributed by atoms with Crippen LogP contribution in [0.3, 0.4) is 0 Å². The number of carbonyl (C=O) groups is 1. The molecule has 3 aromatic carbocycles. The van der Waals surface area contributed by atoms with E-state index in [1.807, 2.05) is 48.5 Å². The number of halogens is 2. The van der Waals surface area contributed by atoms with Crippen LogP contribution < -0.4 is 0 Å². The highest BCUT2D eigenvalue weighted by Crippen LogP contribution is 2.40. The highest BCUT2D eigenvalue weighted by Gasteiger charge is 2.35. The predicted octanol–water partition coefficient (Wildman–Crippen LogP) is 5.58. The molecule has 0 fully saturated rings. The molecule has 0 saturated carbocycles. The monoisotopic (exact) mass is 455 g/mol. The van der Waals surface area contributed by atoms with Gasteiger partial charge in [-0.05, 0) is 53.4 Å². The molecule has 0 radical (unpaired) electrons. The summed E-state index contributed by atoms with van der Waals surface area (Å²) in [6, 6.07) is 18.4. The Labute approximate surface area is 176 Å². The molecular formula is C23H19BrFNO3. The number of phenolic OH excluding ortho intramolecular Hbond substituents is 1. The number of carbonyl (C=O) groups excluding carboxylic acids is 1. The van der Waals surface area contributed by atoms with Crippen molar-refractivity contribution in [2.75, 3.05) is 6.54 Å². The summed E-state index contributed by atoms with van der Waals surface area (Å²) in [7, 11) is 0. The minimum atomic E-state index is -0.643. The van der Waals surface area contributed by atoms with Gasteiger partial charge in [-0.15, -0.1) is 0 Å². The molecule has 0 saturated heterocycles. The molecule has 1 N–H and O–H groups in total. The zero-order valence-corrected chi connectivity index (χ0v) is 17.1. The third-order valence-corrected chi connectivity index (χ3v) is 5.55. The number of aromatic hydroxyl groups is 1. The van der Waals surface area contributed by atoms with Crippen LogP contribution in [0.15, 0.2) is 71.2 Å². The van der Waals surface area contributed by atoms with E-state index in [-0.39, 0.29) is 12.4 Å². The van der Waals surface area contributed by atoms with Crippen molar-refractivity contribution in [3.63, 3.8) is 0 Å². The Hall–Kier alpha value is -2.86. The van der Waals surface area contributed by atoms with E-state index < -0.39 is 18.0 Å². The number of amides is 1. The maximum absolute atomic E-state index is 14.0. The van der Waals surface area contributed by atoms with Gasteiger partial charge in [0.05, 0.1) is 6.04 Å². The van der Waals surface area contributed by atoms with Crippen molar-refractivity contribution >= 4 is 22.0 Å². The van der Waals surface area contributed by atoms with Crippen LogP contribution in [0.4, 0.5) is 9.18 Å². The lowest BCUT2D eigenvalue weighted by Crippen LogP contribution is -2.41. The van der Waals surface area contributed by atoms with E-state index in [0.29, 0.717) is 18.5 Å². The molecule has 4 nitrogen and oxygen atoms in total. The fourth-order valence-electron chi connectivity index (χ4n) is 3.66. The third-order valence-electron chi connectivity index (χ3n) is 5.06. The molecule has 1 aliphatic heterocycles. The van der Waals surface area contributed by atoms with Crippen molar-refractivity contribution in [2.24, 2.45) is 0 Å². The topological polar surface area (TPSA) is 49.8 Å². The Kier molecular flexibility index (Phi) is 5.53. The molecule has 1 amide bonds. The SMILES string of the molecule is O=C(OCc1ccccc1)N1CCc2ccc(Br)cc2C1c1cc(F)ccc1O. The summed E-state index contributed by atoms with van der Waals surface area (Å²) in [4.78, 5) is 14.5. The quantitative estimate of drug-likeness (QED) is 0.560. The Morgan fingerprint density at radius 2 is 1.90 bits per heavy atom. The second-order valence-electron chi connectivity index (χ2n) is 6.93. The van der Waals surface area contributed by atoms with Crippen LogP contribution in [0.5, 0.6) is 5.75 Å². The fourth-order valence-corrected chi connectivity index (χ4v) is 4.04. The number of rotatable bonds is 3. The van der Waals surface area contributed by atoms with Gasteiger partial charge < -0.3 is 9.84 Å². The first-order valence-corrected chi connectivity index (χ1v) is 10.1. The van der Waals surface area contributed by atoms with Gasteiger partial charge in [-0.25, -0.2) is 9.18 Å². The van der Waals surface area contributed by atoms with Gasteiger partial charge in [0.1, 0.15) is 18.2 Å². The van der Waals surface area contributed by atoms with Gasteiger partial charge in [0.15, 0.2) is 0 Å². The van der Waals surface area contributed by atoms with Gasteiger partial charge in [-0.2, -0.15) is 0 Å². The van der Waals surface area contributed by atoms with Crippen LogP contribution >= 0.6 is 15.9 Å². The predicted molar refractivity (Wildman–Crippen MR) is 111 cm³/mol. The van der Waals surface area contributed by atoms with Crippen LogP contribution in [-0.2, 0) is 17.8 Å². The second kappa shape index (κ2) is 8.25. The maximum Gasteiger partial charge on any atom is 0.410 e. The molecule has 0 spiro atoms. The van der Waals surface area contributed by atoms with Gasteiger partial charge in [0, 0.05) is 16.6 Å². The largest absolute Gasteiger partial charge is 0.508 e. The van der Waals surface area contributed by atoms with Gasteiger partial charge in [-0.1, -0.05) is 52.3 Å². The third kappa shape index (κ3) is 4.12. The molecule has 0 aliphatic carbocycles. The van der Waals surface area contributed by atoms with E-state index in [4.69, 9.17) is 4.74 Å². The van der Waals surface area contributed by atoms with Crippen molar-refractivity contribution in [3.05, 3.63) is 99.3 Å². The summed E-state index contributed by atoms with van der Waals surface area (Å²) in [5.74, 6) is -0.539. The van der Waals surface area contributed by atoms with Crippen molar-refractivity contribution in [2.45, 2.75) is 19.1 Å². The number of hydrogen-bond acceptors (Lipinski definition) is 3. The molecule has 3 aromatic rings. The molecule has 0 aromatic heterocycles. The number of phenols is 1. The summed E-state index contributed by atoms with van der Waals surface area (Å²) < 4.78 is 20.4. The van der Waals surface area contributed by atoms with Crippen LogP contribution in [0.2, 0.25) is 0 Å². The standard InChI is InChI=1S/C23H19BrFNO3/c24-17-7-6-16-10-11-26(23(28)29-14-15-4-2-1-3-5-15)22(19(16)12-17)20-13-18(25)8-9-21(20)27/h1-9,12-13,22,27H,10-11,14H2. The second-order valence-corrected chi connectivity index (χ2v) is 7.85. The number of benzene rings is 3. The van der Waals surface area contributed by atoms with Gasteiger partial charge in [0.25, 0.3) is 0 Å². The average molecular weight is 456 g/mol. The number of ether oxygens (including phenoxy) is 1. The Morgan fingerprint density at radius 3 is 2.69 bits per heavy atom. The fraction of sp³-hybridized carbons (Fsp3) is 0.174. The van der Waals surface area contributed by atoms with Gasteiger partial charge in [-0.3, -0.25) is 4.90 Å². The van der Waals surface area contributed by atoms with Gasteiger partial charge >= 0.3 is 6.09 Å². The molecule has 1 atom stereocenters. The van der Waals surface area contributed by atoms with Crippen LogP contribution in [0.1, 0.15) is 28.3 Å². The lowest BCUT2D eigenvalue weighted by molar-refractivity contribution is 0.0833. The number of hydrogen-bond donors (Lipinski definition) is 1. The van der Waals surface area contributed by atoms with E-state index in [0.717, 1.165) is 21.2 Å². The molecule has 29 heavy (non-hydrogen) atoms. The number of nitrogens with zero attached hydrogens (tertiary/aromatic N) is 1. The van der Waals surface area contributed by atoms with Crippen molar-refractivity contribution in [3.8, 4) is 5.75 Å². The first-order valence-electron chi connectivity index (χ1n) is 9.27. The van der Waals surface area contributed by atoms with E-state index in [2.05, 4.69) is 15.9 Å². The smallest absolute Gasteiger partial charge is 0.410 e. The maximum atomic E-state index is 14.0. The highest BCUT2D eigenvalue weighted by molar-refractivity contribution is 9.10. The Morgan fingerprint density at radius 1 is 1.10 bits per heavy atom. The summed E-state index contributed by atoms with van der Waals surface area (Å²) in [6.07, 6.45) is 0.142. The molecule has 4 rings (SSSR count). The van der Waals surface area contributed by atoms with Crippen LogP contribution in [0, 0.1) is 5.82 Å². The molecule has 1 heterocycles. The molecule has 148 valence electrons. The van der Waals surface area contributed by atoms with Gasteiger partial charge in [0.2, 0.25) is 0 Å². The van der Waals surface area contributed by atoms with Crippen LogP contribution in [0.25, 0.3) is 0 Å². The van der Waals surface area contributed by atoms with E-state index in [1.165, 1.54) is 18.2 Å². The molecular weight excluding hydrogens is 437 g/mol. The van der Waals surface area contributed by atoms with E-state index >= 15 is 0 Å².